The number of aliphatic carboxylic acids is 1. The minimum atomic E-state index is -5.08. The molecule has 1 aliphatic heterocycles. The summed E-state index contributed by atoms with van der Waals surface area (Å²) in [5, 5.41) is 15.9. The van der Waals surface area contributed by atoms with Crippen molar-refractivity contribution < 1.29 is 54.9 Å². The van der Waals surface area contributed by atoms with Gasteiger partial charge in [-0.1, -0.05) is 0 Å². The minimum absolute atomic E-state index is 0.266. The number of carboxylic acids is 2. The first-order chi connectivity index (χ1) is 17.0. The second kappa shape index (κ2) is 9.79. The van der Waals surface area contributed by atoms with Crippen molar-refractivity contribution in [1.82, 2.24) is 4.57 Å². The lowest BCUT2D eigenvalue weighted by molar-refractivity contribution is -0.192. The van der Waals surface area contributed by atoms with Gasteiger partial charge in [0.25, 0.3) is 0 Å². The monoisotopic (exact) mass is 545 g/mol. The molecule has 1 aliphatic carbocycles. The Balaban J connectivity index is 0.000000479. The van der Waals surface area contributed by atoms with Crippen LogP contribution in [0.25, 0.3) is 10.9 Å². The summed E-state index contributed by atoms with van der Waals surface area (Å²) in [7, 11) is 0. The number of rotatable bonds is 4. The van der Waals surface area contributed by atoms with Crippen LogP contribution in [0.3, 0.4) is 0 Å². The van der Waals surface area contributed by atoms with Gasteiger partial charge in [0.15, 0.2) is 5.82 Å². The molecule has 8 nitrogen and oxygen atoms in total. The molecule has 2 fully saturated rings. The van der Waals surface area contributed by atoms with Crippen molar-refractivity contribution in [2.24, 2.45) is 17.6 Å². The summed E-state index contributed by atoms with van der Waals surface area (Å²) in [4.78, 5) is 33.7. The quantitative estimate of drug-likeness (QED) is 0.502. The van der Waals surface area contributed by atoms with Crippen LogP contribution in [0.2, 0.25) is 0 Å². The molecule has 0 unspecified atom stereocenters. The van der Waals surface area contributed by atoms with Gasteiger partial charge in [0.1, 0.15) is 17.1 Å². The number of pyridine rings is 1. The van der Waals surface area contributed by atoms with Crippen LogP contribution < -0.4 is 16.1 Å². The summed E-state index contributed by atoms with van der Waals surface area (Å²) >= 11 is 0. The van der Waals surface area contributed by atoms with Gasteiger partial charge in [0.05, 0.1) is 16.8 Å². The molecule has 2 aromatic rings. The number of nitrogens with zero attached hydrogens (tertiary/aromatic N) is 2. The highest BCUT2D eigenvalue weighted by Crippen LogP contribution is 2.43. The van der Waals surface area contributed by atoms with Crippen LogP contribution >= 0.6 is 0 Å². The van der Waals surface area contributed by atoms with Crippen molar-refractivity contribution in [2.45, 2.75) is 31.2 Å². The van der Waals surface area contributed by atoms with E-state index in [-0.39, 0.29) is 24.6 Å². The van der Waals surface area contributed by atoms with E-state index in [0.717, 1.165) is 11.1 Å². The third kappa shape index (κ3) is 5.62. The predicted octanol–water partition coefficient (Wildman–Crippen LogP) is 3.52. The summed E-state index contributed by atoms with van der Waals surface area (Å²) in [6, 6.07) is 0.442. The van der Waals surface area contributed by atoms with Crippen LogP contribution in [0.15, 0.2) is 17.1 Å². The number of benzene rings is 1. The van der Waals surface area contributed by atoms with Crippen LogP contribution in [-0.2, 0) is 4.79 Å². The summed E-state index contributed by atoms with van der Waals surface area (Å²) in [5.74, 6) is -9.55. The number of carboxylic acid groups (broad SMARTS) is 2. The van der Waals surface area contributed by atoms with Crippen molar-refractivity contribution >= 4 is 28.5 Å². The zero-order valence-corrected chi connectivity index (χ0v) is 18.5. The van der Waals surface area contributed by atoms with E-state index in [1.54, 1.807) is 0 Å². The molecular formula is C21H19F8N3O5. The molecule has 1 saturated carbocycles. The SMILES string of the molecule is NC[C@H]1CN(c2c(F)cc3c(=O)c(C(=O)O)cn(C4CC4)c3c2F)C[C@@H]1C(F)(F)F.O=C(O)C(F)(F)F. The second-order valence-electron chi connectivity index (χ2n) is 8.58. The molecule has 0 radical (unpaired) electrons. The van der Waals surface area contributed by atoms with Gasteiger partial charge >= 0.3 is 24.3 Å². The molecule has 204 valence electrons. The molecule has 1 saturated heterocycles. The van der Waals surface area contributed by atoms with Crippen molar-refractivity contribution in [1.29, 1.82) is 0 Å². The number of halogens is 8. The number of fused-ring (bicyclic) bond motifs is 1. The van der Waals surface area contributed by atoms with Crippen LogP contribution in [0, 0.1) is 23.5 Å². The highest BCUT2D eigenvalue weighted by atomic mass is 19.4. The molecule has 4 rings (SSSR count). The summed E-state index contributed by atoms with van der Waals surface area (Å²) in [6.07, 6.45) is -7.42. The van der Waals surface area contributed by atoms with Gasteiger partial charge in [-0.2, -0.15) is 26.3 Å². The number of aromatic nitrogens is 1. The lowest BCUT2D eigenvalue weighted by Crippen LogP contribution is -2.33. The van der Waals surface area contributed by atoms with Crippen LogP contribution in [-0.4, -0.2) is 58.7 Å². The Bertz CT molecular complexity index is 1290. The molecule has 0 bridgehead atoms. The number of hydrogen-bond acceptors (Lipinski definition) is 5. The summed E-state index contributed by atoms with van der Waals surface area (Å²) in [5.41, 5.74) is 2.81. The third-order valence-corrected chi connectivity index (χ3v) is 6.08. The summed E-state index contributed by atoms with van der Waals surface area (Å²) in [6.45, 7) is -1.25. The number of carbonyl (C=O) groups is 2. The molecular weight excluding hydrogens is 526 g/mol. The van der Waals surface area contributed by atoms with Gasteiger partial charge in [-0.3, -0.25) is 4.79 Å². The molecule has 37 heavy (non-hydrogen) atoms. The molecule has 0 spiro atoms. The fourth-order valence-corrected chi connectivity index (χ4v) is 4.18. The van der Waals surface area contributed by atoms with E-state index >= 15 is 4.39 Å². The third-order valence-electron chi connectivity index (χ3n) is 6.08. The van der Waals surface area contributed by atoms with Gasteiger partial charge in [0, 0.05) is 31.2 Å². The van der Waals surface area contributed by atoms with Crippen LogP contribution in [0.4, 0.5) is 40.8 Å². The molecule has 0 amide bonds. The number of anilines is 1. The van der Waals surface area contributed by atoms with Gasteiger partial charge in [0.2, 0.25) is 5.43 Å². The Labute approximate surface area is 201 Å². The maximum atomic E-state index is 15.5. The van der Waals surface area contributed by atoms with Gasteiger partial charge in [-0.05, 0) is 25.5 Å². The molecule has 1 aromatic heterocycles. The predicted molar refractivity (Wildman–Crippen MR) is 111 cm³/mol. The van der Waals surface area contributed by atoms with E-state index in [1.807, 2.05) is 0 Å². The van der Waals surface area contributed by atoms with Crippen molar-refractivity contribution in [2.75, 3.05) is 24.5 Å². The first kappa shape index (κ1) is 28.1. The Morgan fingerprint density at radius 2 is 1.62 bits per heavy atom. The molecule has 4 N–H and O–H groups in total. The Hall–Kier alpha value is -3.43. The van der Waals surface area contributed by atoms with Gasteiger partial charge < -0.3 is 25.4 Å². The van der Waals surface area contributed by atoms with E-state index < -0.39 is 76.4 Å². The normalized spacial score (nSPS) is 20.1. The number of hydrogen-bond donors (Lipinski definition) is 3. The Morgan fingerprint density at radius 1 is 1.05 bits per heavy atom. The van der Waals surface area contributed by atoms with E-state index in [9.17, 15) is 45.4 Å². The molecule has 16 heteroatoms. The van der Waals surface area contributed by atoms with E-state index in [4.69, 9.17) is 15.6 Å². The zero-order chi connectivity index (χ0) is 28.0. The number of nitrogens with two attached hydrogens (primary N) is 1. The van der Waals surface area contributed by atoms with E-state index in [0.29, 0.717) is 18.9 Å². The average Bonchev–Trinajstić information content (AvgIpc) is 3.51. The van der Waals surface area contributed by atoms with Gasteiger partial charge in [-0.15, -0.1) is 0 Å². The first-order valence-electron chi connectivity index (χ1n) is 10.6. The van der Waals surface area contributed by atoms with Crippen molar-refractivity contribution in [3.05, 3.63) is 39.7 Å². The second-order valence-corrected chi connectivity index (χ2v) is 8.58. The van der Waals surface area contributed by atoms with Crippen molar-refractivity contribution in [3.63, 3.8) is 0 Å². The molecule has 2 aliphatic rings. The maximum absolute atomic E-state index is 15.5. The molecule has 1 aromatic carbocycles. The minimum Gasteiger partial charge on any atom is -0.477 e. The van der Waals surface area contributed by atoms with E-state index in [1.165, 1.54) is 4.57 Å². The van der Waals surface area contributed by atoms with E-state index in [2.05, 4.69) is 0 Å². The standard InChI is InChI=1S/C19H18F5N3O3.C2HF3O2/c20-13-3-10-15(27(9-1-2-9)6-11(17(10)28)18(29)30)14(21)16(13)26-5-8(4-25)12(7-26)19(22,23)24;3-2(4,5)1(6)7/h3,6,8-9,12H,1-2,4-5,7,25H2,(H,29,30);(H,6,7)/t8-,12-;/m0./s1. The first-order valence-corrected chi connectivity index (χ1v) is 10.6. The lowest BCUT2D eigenvalue weighted by atomic mass is 9.96. The fraction of sp³-hybridized carbons (Fsp3) is 0.476. The highest BCUT2D eigenvalue weighted by molar-refractivity contribution is 5.94. The van der Waals surface area contributed by atoms with Crippen LogP contribution in [0.5, 0.6) is 0 Å². The largest absolute Gasteiger partial charge is 0.490 e. The topological polar surface area (TPSA) is 126 Å². The number of alkyl halides is 6. The Morgan fingerprint density at radius 3 is 2.03 bits per heavy atom. The summed E-state index contributed by atoms with van der Waals surface area (Å²) < 4.78 is 103. The lowest BCUT2D eigenvalue weighted by Gasteiger charge is -2.23. The number of aromatic carboxylic acids is 1. The molecule has 2 heterocycles. The smallest absolute Gasteiger partial charge is 0.477 e. The van der Waals surface area contributed by atoms with Gasteiger partial charge in [-0.25, -0.2) is 18.4 Å². The average molecular weight is 545 g/mol. The fourth-order valence-electron chi connectivity index (χ4n) is 4.18. The highest BCUT2D eigenvalue weighted by Gasteiger charge is 2.50. The van der Waals surface area contributed by atoms with Crippen molar-refractivity contribution in [3.8, 4) is 0 Å². The van der Waals surface area contributed by atoms with Crippen LogP contribution in [0.1, 0.15) is 29.2 Å². The zero-order valence-electron chi connectivity index (χ0n) is 18.5. The Kier molecular flexibility index (Phi) is 7.45. The maximum Gasteiger partial charge on any atom is 0.490 e. The molecule has 2 atom stereocenters.